The molecule has 2 N–H and O–H groups in total. The zero-order chi connectivity index (χ0) is 21.3. The van der Waals surface area contributed by atoms with Crippen LogP contribution in [-0.4, -0.2) is 69.9 Å². The Balaban J connectivity index is 1.47. The zero-order valence-electron chi connectivity index (χ0n) is 18.6. The maximum atomic E-state index is 12.7. The van der Waals surface area contributed by atoms with Gasteiger partial charge in [0.15, 0.2) is 0 Å². The van der Waals surface area contributed by atoms with E-state index in [4.69, 9.17) is 0 Å². The number of nitrogens with zero attached hydrogens (tertiary/aromatic N) is 4. The van der Waals surface area contributed by atoms with E-state index in [-0.39, 0.29) is 18.0 Å². The molecule has 7 nitrogen and oxygen atoms in total. The number of aromatic nitrogens is 3. The summed E-state index contributed by atoms with van der Waals surface area (Å²) in [6.07, 6.45) is 11.7. The van der Waals surface area contributed by atoms with Crippen LogP contribution in [0.25, 0.3) is 11.0 Å². The number of aromatic amines is 1. The van der Waals surface area contributed by atoms with Gasteiger partial charge in [0.25, 0.3) is 0 Å². The molecule has 2 fully saturated rings. The lowest BCUT2D eigenvalue weighted by Crippen LogP contribution is -2.49. The second kappa shape index (κ2) is 8.76. The number of rotatable bonds is 7. The van der Waals surface area contributed by atoms with Crippen molar-refractivity contribution < 1.29 is 4.79 Å². The van der Waals surface area contributed by atoms with E-state index < -0.39 is 0 Å². The van der Waals surface area contributed by atoms with Gasteiger partial charge in [-0.15, -0.1) is 0 Å². The van der Waals surface area contributed by atoms with Crippen molar-refractivity contribution in [1.82, 2.24) is 24.8 Å². The van der Waals surface area contributed by atoms with E-state index in [1.54, 1.807) is 12.4 Å². The number of amides is 1. The fourth-order valence-corrected chi connectivity index (χ4v) is 4.45. The van der Waals surface area contributed by atoms with Gasteiger partial charge in [0.05, 0.1) is 5.39 Å². The van der Waals surface area contributed by atoms with Crippen LogP contribution in [0.15, 0.2) is 24.7 Å². The van der Waals surface area contributed by atoms with Crippen LogP contribution in [0.2, 0.25) is 0 Å². The van der Waals surface area contributed by atoms with Crippen molar-refractivity contribution in [3.8, 4) is 0 Å². The van der Waals surface area contributed by atoms with Crippen molar-refractivity contribution in [3.05, 3.63) is 30.2 Å². The Labute approximate surface area is 178 Å². The van der Waals surface area contributed by atoms with Gasteiger partial charge in [0.1, 0.15) is 17.8 Å². The number of hydrogen-bond acceptors (Lipinski definition) is 5. The highest BCUT2D eigenvalue weighted by Gasteiger charge is 2.33. The van der Waals surface area contributed by atoms with Crippen LogP contribution < -0.4 is 5.32 Å². The molecule has 3 heterocycles. The first-order chi connectivity index (χ1) is 14.4. The third-order valence-corrected chi connectivity index (χ3v) is 6.55. The Bertz CT molecular complexity index is 920. The molecule has 0 radical (unpaired) electrons. The molecule has 1 amide bonds. The first-order valence-corrected chi connectivity index (χ1v) is 11.1. The molecule has 162 valence electrons. The fraction of sp³-hybridized carbons (Fsp3) is 0.609. The molecular weight excluding hydrogens is 376 g/mol. The van der Waals surface area contributed by atoms with E-state index in [0.717, 1.165) is 54.5 Å². The summed E-state index contributed by atoms with van der Waals surface area (Å²) in [6, 6.07) is 0.442. The van der Waals surface area contributed by atoms with E-state index in [1.165, 1.54) is 12.0 Å². The first kappa shape index (κ1) is 20.8. The Morgan fingerprint density at radius 3 is 2.87 bits per heavy atom. The summed E-state index contributed by atoms with van der Waals surface area (Å²) < 4.78 is 0. The van der Waals surface area contributed by atoms with Crippen LogP contribution in [0, 0.1) is 11.8 Å². The predicted octanol–water partition coefficient (Wildman–Crippen LogP) is 3.07. The summed E-state index contributed by atoms with van der Waals surface area (Å²) in [5, 5.41) is 4.75. The second-order valence-corrected chi connectivity index (χ2v) is 9.36. The van der Waals surface area contributed by atoms with E-state index in [0.29, 0.717) is 6.54 Å². The van der Waals surface area contributed by atoms with Crippen LogP contribution in [-0.2, 0) is 11.2 Å². The molecule has 2 unspecified atom stereocenters. The van der Waals surface area contributed by atoms with Gasteiger partial charge in [-0.25, -0.2) is 9.97 Å². The molecular formula is C23H34N6O. The number of likely N-dealkylation sites (N-methyl/N-ethyl adjacent to an activating group) is 1. The Hall–Kier alpha value is -2.41. The number of carbonyl (C=O) groups is 1. The van der Waals surface area contributed by atoms with Crippen LogP contribution in [0.3, 0.4) is 0 Å². The monoisotopic (exact) mass is 410 g/mol. The van der Waals surface area contributed by atoms with Crippen molar-refractivity contribution in [2.75, 3.05) is 32.5 Å². The number of anilines is 1. The molecule has 4 rings (SSSR count). The maximum absolute atomic E-state index is 12.7. The Morgan fingerprint density at radius 1 is 1.33 bits per heavy atom. The molecule has 2 aliphatic rings. The van der Waals surface area contributed by atoms with Gasteiger partial charge in [-0.1, -0.05) is 13.0 Å². The van der Waals surface area contributed by atoms with Gasteiger partial charge in [0, 0.05) is 37.4 Å². The minimum absolute atomic E-state index is 0.0914. The molecule has 0 bridgehead atoms. The van der Waals surface area contributed by atoms with Gasteiger partial charge in [-0.05, 0) is 64.1 Å². The molecule has 2 aromatic rings. The van der Waals surface area contributed by atoms with Crippen LogP contribution in [0.1, 0.15) is 38.7 Å². The van der Waals surface area contributed by atoms with Gasteiger partial charge in [-0.3, -0.25) is 4.79 Å². The highest BCUT2D eigenvalue weighted by Crippen LogP contribution is 2.42. The van der Waals surface area contributed by atoms with Crippen molar-refractivity contribution in [1.29, 1.82) is 0 Å². The third kappa shape index (κ3) is 4.67. The number of carbonyl (C=O) groups excluding carboxylic acids is 1. The summed E-state index contributed by atoms with van der Waals surface area (Å²) in [7, 11) is 4.00. The second-order valence-electron chi connectivity index (χ2n) is 9.36. The van der Waals surface area contributed by atoms with E-state index in [2.05, 4.69) is 40.3 Å². The zero-order valence-corrected chi connectivity index (χ0v) is 18.6. The average Bonchev–Trinajstić information content (AvgIpc) is 3.24. The standard InChI is InChI=1S/C23H34N6O/c1-15-10-17(15)11-18-12-24-22-21(18)23(26-14-25-22)27-19-8-7-16(2)29(13-19)20(30)6-5-9-28(3)4/h5-6,12,14-17,19H,7-11,13H2,1-4H3,(H2,24,25,26,27)/b6-5+/t15?,16-,17?,19+/m0/s1. The molecule has 1 aliphatic heterocycles. The lowest BCUT2D eigenvalue weighted by molar-refractivity contribution is -0.129. The quantitative estimate of drug-likeness (QED) is 0.686. The van der Waals surface area contributed by atoms with Crippen molar-refractivity contribution >= 4 is 22.8 Å². The molecule has 0 aromatic carbocycles. The van der Waals surface area contributed by atoms with Crippen LogP contribution in [0.4, 0.5) is 5.82 Å². The molecule has 4 atom stereocenters. The number of likely N-dealkylation sites (tertiary alicyclic amines) is 1. The lowest BCUT2D eigenvalue weighted by atomic mass is 9.98. The Morgan fingerprint density at radius 2 is 2.13 bits per heavy atom. The van der Waals surface area contributed by atoms with Crippen LogP contribution in [0.5, 0.6) is 0 Å². The van der Waals surface area contributed by atoms with Gasteiger partial charge in [-0.2, -0.15) is 0 Å². The summed E-state index contributed by atoms with van der Waals surface area (Å²) in [6.45, 7) is 5.91. The summed E-state index contributed by atoms with van der Waals surface area (Å²) in [4.78, 5) is 29.1. The average molecular weight is 411 g/mol. The largest absolute Gasteiger partial charge is 0.365 e. The van der Waals surface area contributed by atoms with E-state index in [9.17, 15) is 4.79 Å². The lowest BCUT2D eigenvalue weighted by Gasteiger charge is -2.38. The summed E-state index contributed by atoms with van der Waals surface area (Å²) in [5.41, 5.74) is 2.19. The van der Waals surface area contributed by atoms with E-state index in [1.807, 2.05) is 30.0 Å². The molecule has 30 heavy (non-hydrogen) atoms. The number of H-pyrrole nitrogens is 1. The predicted molar refractivity (Wildman–Crippen MR) is 120 cm³/mol. The molecule has 2 aromatic heterocycles. The minimum atomic E-state index is 0.0914. The topological polar surface area (TPSA) is 77.1 Å². The van der Waals surface area contributed by atoms with Crippen molar-refractivity contribution in [2.24, 2.45) is 11.8 Å². The first-order valence-electron chi connectivity index (χ1n) is 11.1. The fourth-order valence-electron chi connectivity index (χ4n) is 4.45. The van der Waals surface area contributed by atoms with Gasteiger partial charge in [0.2, 0.25) is 5.91 Å². The number of fused-ring (bicyclic) bond motifs is 1. The summed E-state index contributed by atoms with van der Waals surface area (Å²) >= 11 is 0. The highest BCUT2D eigenvalue weighted by molar-refractivity contribution is 5.91. The van der Waals surface area contributed by atoms with Crippen molar-refractivity contribution in [2.45, 2.75) is 51.6 Å². The van der Waals surface area contributed by atoms with Crippen LogP contribution >= 0.6 is 0 Å². The number of hydrogen-bond donors (Lipinski definition) is 2. The molecule has 1 saturated carbocycles. The van der Waals surface area contributed by atoms with Gasteiger partial charge < -0.3 is 20.1 Å². The highest BCUT2D eigenvalue weighted by atomic mass is 16.2. The van der Waals surface area contributed by atoms with Gasteiger partial charge >= 0.3 is 0 Å². The normalized spacial score (nSPS) is 26.6. The summed E-state index contributed by atoms with van der Waals surface area (Å²) in [5.74, 6) is 2.57. The SMILES string of the molecule is CC1CC1Cc1c[nH]c2ncnc(N[C@@H]3CC[C@H](C)N(C(=O)/C=C/CN(C)C)C3)c12. The number of piperidine rings is 1. The smallest absolute Gasteiger partial charge is 0.246 e. The van der Waals surface area contributed by atoms with Crippen molar-refractivity contribution in [3.63, 3.8) is 0 Å². The Kier molecular flexibility index (Phi) is 6.09. The number of nitrogens with one attached hydrogen (secondary N) is 2. The third-order valence-electron chi connectivity index (χ3n) is 6.55. The van der Waals surface area contributed by atoms with E-state index >= 15 is 0 Å². The minimum Gasteiger partial charge on any atom is -0.365 e. The molecule has 1 aliphatic carbocycles. The molecule has 0 spiro atoms. The molecule has 1 saturated heterocycles. The maximum Gasteiger partial charge on any atom is 0.246 e. The molecule has 7 heteroatoms.